The number of aliphatic hydroxyl groups is 2. The van der Waals surface area contributed by atoms with Crippen LogP contribution in [0.5, 0.6) is 0 Å². The highest BCUT2D eigenvalue weighted by molar-refractivity contribution is 5.28. The zero-order valence-corrected chi connectivity index (χ0v) is 11.1. The third-order valence-corrected chi connectivity index (χ3v) is 5.06. The van der Waals surface area contributed by atoms with E-state index in [1.807, 2.05) is 0 Å². The Morgan fingerprint density at radius 1 is 1.47 bits per heavy atom. The van der Waals surface area contributed by atoms with Gasteiger partial charge in [-0.3, -0.25) is 0 Å². The second kappa shape index (κ2) is 4.25. The van der Waals surface area contributed by atoms with Gasteiger partial charge < -0.3 is 10.2 Å². The number of aliphatic hydroxyl groups excluding tert-OH is 2. The zero-order valence-electron chi connectivity index (χ0n) is 11.1. The third-order valence-electron chi connectivity index (χ3n) is 5.06. The number of hydrogen-bond acceptors (Lipinski definition) is 2. The van der Waals surface area contributed by atoms with Crippen molar-refractivity contribution in [3.8, 4) is 0 Å². The fourth-order valence-electron chi connectivity index (χ4n) is 3.54. The van der Waals surface area contributed by atoms with Crippen LogP contribution < -0.4 is 0 Å². The molecule has 2 nitrogen and oxygen atoms in total. The van der Waals surface area contributed by atoms with Gasteiger partial charge in [0.15, 0.2) is 0 Å². The monoisotopic (exact) mass is 236 g/mol. The number of allylic oxidation sites excluding steroid dienone is 2. The maximum atomic E-state index is 10.1. The summed E-state index contributed by atoms with van der Waals surface area (Å²) in [6.45, 7) is 10.4. The normalized spacial score (nSPS) is 46.1. The van der Waals surface area contributed by atoms with Crippen LogP contribution in [0.2, 0.25) is 0 Å². The molecule has 0 spiro atoms. The molecule has 0 unspecified atom stereocenters. The molecule has 0 saturated heterocycles. The fraction of sp³-hybridized carbons (Fsp3) is 0.733. The lowest BCUT2D eigenvalue weighted by molar-refractivity contribution is -0.0349. The van der Waals surface area contributed by atoms with Gasteiger partial charge in [-0.1, -0.05) is 32.1 Å². The first kappa shape index (κ1) is 12.8. The Balaban J connectivity index is 2.35. The van der Waals surface area contributed by atoms with Crippen LogP contribution in [-0.2, 0) is 0 Å². The maximum absolute atomic E-state index is 10.1. The van der Waals surface area contributed by atoms with Crippen molar-refractivity contribution in [1.82, 2.24) is 0 Å². The topological polar surface area (TPSA) is 40.5 Å². The van der Waals surface area contributed by atoms with Crippen molar-refractivity contribution in [2.75, 3.05) is 0 Å². The molecular weight excluding hydrogens is 212 g/mol. The van der Waals surface area contributed by atoms with Gasteiger partial charge >= 0.3 is 0 Å². The summed E-state index contributed by atoms with van der Waals surface area (Å²) in [7, 11) is 0. The molecule has 0 heterocycles. The first-order valence-electron chi connectivity index (χ1n) is 6.58. The average Bonchev–Trinajstić information content (AvgIpc) is 2.25. The summed E-state index contributed by atoms with van der Waals surface area (Å²) in [4.78, 5) is 0. The quantitative estimate of drug-likeness (QED) is 0.687. The summed E-state index contributed by atoms with van der Waals surface area (Å²) >= 11 is 0. The van der Waals surface area contributed by atoms with Crippen molar-refractivity contribution in [2.24, 2.45) is 17.3 Å². The van der Waals surface area contributed by atoms with E-state index in [4.69, 9.17) is 0 Å². The minimum Gasteiger partial charge on any atom is -0.393 e. The van der Waals surface area contributed by atoms with Crippen LogP contribution in [0.15, 0.2) is 23.8 Å². The van der Waals surface area contributed by atoms with E-state index in [0.717, 1.165) is 18.4 Å². The van der Waals surface area contributed by atoms with Crippen LogP contribution in [-0.4, -0.2) is 22.4 Å². The number of rotatable bonds is 1. The van der Waals surface area contributed by atoms with Gasteiger partial charge in [0.25, 0.3) is 0 Å². The Bertz CT molecular complexity index is 358. The highest BCUT2D eigenvalue weighted by atomic mass is 16.3. The van der Waals surface area contributed by atoms with E-state index in [0.29, 0.717) is 12.3 Å². The number of hydrogen-bond donors (Lipinski definition) is 2. The van der Waals surface area contributed by atoms with Gasteiger partial charge in [0.05, 0.1) is 12.2 Å². The van der Waals surface area contributed by atoms with E-state index >= 15 is 0 Å². The van der Waals surface area contributed by atoms with Crippen molar-refractivity contribution in [3.63, 3.8) is 0 Å². The van der Waals surface area contributed by atoms with Crippen molar-refractivity contribution >= 4 is 0 Å². The Morgan fingerprint density at radius 3 is 2.71 bits per heavy atom. The first-order chi connectivity index (χ1) is 7.86. The second-order valence-corrected chi connectivity index (χ2v) is 6.17. The lowest BCUT2D eigenvalue weighted by atomic mass is 9.56. The molecule has 5 atom stereocenters. The average molecular weight is 236 g/mol. The molecule has 2 aliphatic rings. The SMILES string of the molecule is C=C(C)[C@@H]1CC=C2[C@H](O)C[C@H](O)[C@H](C)[C@@]2(C)C1. The molecule has 0 aromatic rings. The van der Waals surface area contributed by atoms with E-state index in [1.54, 1.807) is 0 Å². The van der Waals surface area contributed by atoms with Crippen LogP contribution in [0.25, 0.3) is 0 Å². The fourth-order valence-corrected chi connectivity index (χ4v) is 3.54. The molecule has 0 bridgehead atoms. The van der Waals surface area contributed by atoms with E-state index in [1.165, 1.54) is 5.57 Å². The van der Waals surface area contributed by atoms with E-state index in [-0.39, 0.29) is 11.3 Å². The van der Waals surface area contributed by atoms with Crippen LogP contribution in [0.4, 0.5) is 0 Å². The largest absolute Gasteiger partial charge is 0.393 e. The predicted molar refractivity (Wildman–Crippen MR) is 69.5 cm³/mol. The molecule has 0 aromatic heterocycles. The summed E-state index contributed by atoms with van der Waals surface area (Å²) in [6, 6.07) is 0. The minimum absolute atomic E-state index is 0.0705. The molecule has 96 valence electrons. The van der Waals surface area contributed by atoms with Gasteiger partial charge in [-0.2, -0.15) is 0 Å². The van der Waals surface area contributed by atoms with Crippen LogP contribution in [0.3, 0.4) is 0 Å². The second-order valence-electron chi connectivity index (χ2n) is 6.17. The first-order valence-corrected chi connectivity index (χ1v) is 6.58. The molecule has 1 fully saturated rings. The molecule has 0 amide bonds. The summed E-state index contributed by atoms with van der Waals surface area (Å²) in [6.07, 6.45) is 3.81. The van der Waals surface area contributed by atoms with Gasteiger partial charge in [0.1, 0.15) is 0 Å². The lowest BCUT2D eigenvalue weighted by Crippen LogP contribution is -2.48. The summed E-state index contributed by atoms with van der Waals surface area (Å²) in [5.74, 6) is 0.697. The smallest absolute Gasteiger partial charge is 0.0780 e. The van der Waals surface area contributed by atoms with E-state index < -0.39 is 12.2 Å². The Kier molecular flexibility index (Phi) is 3.21. The predicted octanol–water partition coefficient (Wildman–Crippen LogP) is 2.67. The minimum atomic E-state index is -0.461. The molecular formula is C15H24O2. The standard InChI is InChI=1S/C15H24O2/c1-9(2)11-5-6-12-14(17)7-13(16)10(3)15(12,4)8-11/h6,10-11,13-14,16-17H,1,5,7-8H2,2-4H3/t10-,11+,13-,14+,15+/m0/s1. The van der Waals surface area contributed by atoms with Crippen LogP contribution in [0, 0.1) is 17.3 Å². The summed E-state index contributed by atoms with van der Waals surface area (Å²) < 4.78 is 0. The van der Waals surface area contributed by atoms with Crippen molar-refractivity contribution in [3.05, 3.63) is 23.8 Å². The highest BCUT2D eigenvalue weighted by Gasteiger charge is 2.48. The van der Waals surface area contributed by atoms with Gasteiger partial charge in [-0.25, -0.2) is 0 Å². The lowest BCUT2D eigenvalue weighted by Gasteiger charge is -2.50. The molecule has 1 saturated carbocycles. The van der Waals surface area contributed by atoms with Crippen molar-refractivity contribution < 1.29 is 10.2 Å². The summed E-state index contributed by atoms with van der Waals surface area (Å²) in [5, 5.41) is 20.2. The van der Waals surface area contributed by atoms with Gasteiger partial charge in [0, 0.05) is 6.42 Å². The van der Waals surface area contributed by atoms with Gasteiger partial charge in [-0.15, -0.1) is 0 Å². The van der Waals surface area contributed by atoms with Gasteiger partial charge in [0.2, 0.25) is 0 Å². The third kappa shape index (κ3) is 1.98. The zero-order chi connectivity index (χ0) is 12.8. The van der Waals surface area contributed by atoms with Crippen LogP contribution in [0.1, 0.15) is 40.0 Å². The molecule has 2 N–H and O–H groups in total. The van der Waals surface area contributed by atoms with E-state index in [9.17, 15) is 10.2 Å². The Morgan fingerprint density at radius 2 is 2.12 bits per heavy atom. The molecule has 2 rings (SSSR count). The summed E-state index contributed by atoms with van der Waals surface area (Å²) in [5.41, 5.74) is 2.29. The van der Waals surface area contributed by atoms with Crippen molar-refractivity contribution in [2.45, 2.75) is 52.2 Å². The van der Waals surface area contributed by atoms with Crippen LogP contribution >= 0.6 is 0 Å². The Hall–Kier alpha value is -0.600. The molecule has 0 aromatic carbocycles. The molecule has 0 aliphatic heterocycles. The Labute approximate surface area is 104 Å². The van der Waals surface area contributed by atoms with Gasteiger partial charge in [-0.05, 0) is 42.6 Å². The number of fused-ring (bicyclic) bond motifs is 1. The molecule has 2 aliphatic carbocycles. The highest BCUT2D eigenvalue weighted by Crippen LogP contribution is 2.52. The molecule has 2 heteroatoms. The molecule has 0 radical (unpaired) electrons. The maximum Gasteiger partial charge on any atom is 0.0780 e. The van der Waals surface area contributed by atoms with E-state index in [2.05, 4.69) is 33.4 Å². The molecule has 17 heavy (non-hydrogen) atoms. The van der Waals surface area contributed by atoms with Crippen molar-refractivity contribution in [1.29, 1.82) is 0 Å².